The van der Waals surface area contributed by atoms with Gasteiger partial charge in [0.15, 0.2) is 0 Å². The maximum absolute atomic E-state index is 13.5. The lowest BCUT2D eigenvalue weighted by atomic mass is 10.0. The molecule has 4 aromatic rings. The largest absolute Gasteiger partial charge is 0.294 e. The Morgan fingerprint density at radius 1 is 1.10 bits per heavy atom. The molecule has 0 bridgehead atoms. The van der Waals surface area contributed by atoms with Crippen LogP contribution in [0.15, 0.2) is 65.7 Å². The zero-order valence-corrected chi connectivity index (χ0v) is 17.6. The topological polar surface area (TPSA) is 66.3 Å². The average Bonchev–Trinajstić information content (AvgIpc) is 3.28. The molecule has 0 unspecified atom stereocenters. The Hall–Kier alpha value is -3.40. The Labute approximate surface area is 184 Å². The third-order valence-corrected chi connectivity index (χ3v) is 6.02. The molecule has 31 heavy (non-hydrogen) atoms. The summed E-state index contributed by atoms with van der Waals surface area (Å²) in [6.45, 7) is 2.55. The van der Waals surface area contributed by atoms with Crippen molar-refractivity contribution in [2.75, 3.05) is 6.54 Å². The van der Waals surface area contributed by atoms with E-state index in [0.717, 1.165) is 35.3 Å². The van der Waals surface area contributed by atoms with Crippen LogP contribution >= 0.6 is 11.6 Å². The lowest BCUT2D eigenvalue weighted by Gasteiger charge is -2.29. The van der Waals surface area contributed by atoms with Gasteiger partial charge < -0.3 is 0 Å². The minimum atomic E-state index is -0.000810. The van der Waals surface area contributed by atoms with Gasteiger partial charge in [-0.25, -0.2) is 4.98 Å². The van der Waals surface area contributed by atoms with Gasteiger partial charge in [0.05, 0.1) is 23.7 Å². The first-order valence-electron chi connectivity index (χ1n) is 10.2. The Kier molecular flexibility index (Phi) is 5.06. The van der Waals surface area contributed by atoms with E-state index >= 15 is 0 Å². The molecule has 2 aromatic carbocycles. The highest BCUT2D eigenvalue weighted by Crippen LogP contribution is 2.21. The maximum atomic E-state index is 13.5. The van der Waals surface area contributed by atoms with Crippen molar-refractivity contribution in [1.82, 2.24) is 18.9 Å². The van der Waals surface area contributed by atoms with Crippen LogP contribution in [0.5, 0.6) is 0 Å². The summed E-state index contributed by atoms with van der Waals surface area (Å²) in [7, 11) is 0. The molecule has 3 heterocycles. The number of nitrogens with zero attached hydrogens (tertiary/aromatic N) is 5. The van der Waals surface area contributed by atoms with Gasteiger partial charge in [0.2, 0.25) is 5.78 Å². The van der Waals surface area contributed by atoms with Crippen molar-refractivity contribution in [3.8, 4) is 6.07 Å². The van der Waals surface area contributed by atoms with E-state index in [-0.39, 0.29) is 5.56 Å². The van der Waals surface area contributed by atoms with Crippen molar-refractivity contribution in [3.63, 3.8) is 0 Å². The SMILES string of the molecule is N#Cc1cccc(CN2CCc3c(c(=O)n(Cc4ccc(Cl)cc4)c4nccn34)C2)c1. The van der Waals surface area contributed by atoms with Gasteiger partial charge in [0.25, 0.3) is 5.56 Å². The van der Waals surface area contributed by atoms with Gasteiger partial charge in [-0.05, 0) is 35.4 Å². The van der Waals surface area contributed by atoms with Gasteiger partial charge in [0, 0.05) is 49.2 Å². The van der Waals surface area contributed by atoms with E-state index in [2.05, 4.69) is 16.0 Å². The Morgan fingerprint density at radius 2 is 1.94 bits per heavy atom. The maximum Gasteiger partial charge on any atom is 0.259 e. The molecule has 0 fully saturated rings. The Morgan fingerprint density at radius 3 is 2.74 bits per heavy atom. The first-order chi connectivity index (χ1) is 15.1. The van der Waals surface area contributed by atoms with Crippen LogP contribution in [0, 0.1) is 11.3 Å². The lowest BCUT2D eigenvalue weighted by Crippen LogP contribution is -2.38. The number of nitriles is 1. The first-order valence-corrected chi connectivity index (χ1v) is 10.5. The summed E-state index contributed by atoms with van der Waals surface area (Å²) in [4.78, 5) is 20.2. The van der Waals surface area contributed by atoms with E-state index in [1.54, 1.807) is 16.8 Å². The third kappa shape index (κ3) is 3.74. The fraction of sp³-hybridized carbons (Fsp3) is 0.208. The zero-order valence-electron chi connectivity index (χ0n) is 16.8. The molecule has 7 heteroatoms. The summed E-state index contributed by atoms with van der Waals surface area (Å²) < 4.78 is 3.78. The predicted molar refractivity (Wildman–Crippen MR) is 119 cm³/mol. The van der Waals surface area contributed by atoms with E-state index in [1.165, 1.54) is 0 Å². The van der Waals surface area contributed by atoms with Crippen molar-refractivity contribution in [2.24, 2.45) is 0 Å². The van der Waals surface area contributed by atoms with Gasteiger partial charge in [-0.1, -0.05) is 35.9 Å². The second kappa shape index (κ2) is 8.03. The molecule has 0 aliphatic carbocycles. The second-order valence-corrected chi connectivity index (χ2v) is 8.25. The highest BCUT2D eigenvalue weighted by molar-refractivity contribution is 6.30. The first kappa shape index (κ1) is 19.6. The molecule has 5 rings (SSSR count). The van der Waals surface area contributed by atoms with Crippen molar-refractivity contribution < 1.29 is 0 Å². The monoisotopic (exact) mass is 429 g/mol. The van der Waals surface area contributed by atoms with E-state index in [9.17, 15) is 4.79 Å². The highest BCUT2D eigenvalue weighted by Gasteiger charge is 2.24. The summed E-state index contributed by atoms with van der Waals surface area (Å²) in [6.07, 6.45) is 4.45. The minimum absolute atomic E-state index is 0.000810. The molecule has 0 N–H and O–H groups in total. The van der Waals surface area contributed by atoms with Crippen molar-refractivity contribution in [1.29, 1.82) is 5.26 Å². The second-order valence-electron chi connectivity index (χ2n) is 7.81. The minimum Gasteiger partial charge on any atom is -0.294 e. The highest BCUT2D eigenvalue weighted by atomic mass is 35.5. The summed E-state index contributed by atoms with van der Waals surface area (Å²) in [5.74, 6) is 0.661. The molecular formula is C24H20ClN5O. The van der Waals surface area contributed by atoms with Crippen LogP contribution in [0.4, 0.5) is 0 Å². The molecule has 1 aliphatic rings. The number of hydrogen-bond acceptors (Lipinski definition) is 4. The molecular weight excluding hydrogens is 410 g/mol. The van der Waals surface area contributed by atoms with Crippen LogP contribution in [0.1, 0.15) is 27.9 Å². The molecule has 0 atom stereocenters. The standard InChI is InChI=1S/C24H20ClN5O/c25-20-6-4-17(5-7-20)15-30-23(31)21-16-28(14-19-3-1-2-18(12-19)13-26)10-8-22(21)29-11-9-27-24(29)30/h1-7,9,11-12H,8,10,14-16H2. The normalized spacial score (nSPS) is 13.8. The van der Waals surface area contributed by atoms with Gasteiger partial charge in [-0.15, -0.1) is 0 Å². The number of benzene rings is 2. The van der Waals surface area contributed by atoms with Crippen LogP contribution < -0.4 is 5.56 Å². The van der Waals surface area contributed by atoms with Crippen LogP contribution in [0.25, 0.3) is 5.78 Å². The van der Waals surface area contributed by atoms with E-state index < -0.39 is 0 Å². The van der Waals surface area contributed by atoms with Crippen LogP contribution in [-0.4, -0.2) is 25.4 Å². The van der Waals surface area contributed by atoms with Gasteiger partial charge >= 0.3 is 0 Å². The summed E-state index contributed by atoms with van der Waals surface area (Å²) in [5.41, 5.74) is 4.57. The molecule has 154 valence electrons. The van der Waals surface area contributed by atoms with Crippen LogP contribution in [-0.2, 0) is 26.1 Å². The Bertz CT molecular complexity index is 1360. The van der Waals surface area contributed by atoms with E-state index in [1.807, 2.05) is 53.1 Å². The predicted octanol–water partition coefficient (Wildman–Crippen LogP) is 3.63. The van der Waals surface area contributed by atoms with Gasteiger partial charge in [-0.3, -0.25) is 18.7 Å². The fourth-order valence-corrected chi connectivity index (χ4v) is 4.40. The molecule has 0 saturated carbocycles. The molecule has 1 aliphatic heterocycles. The number of hydrogen-bond donors (Lipinski definition) is 0. The molecule has 6 nitrogen and oxygen atoms in total. The smallest absolute Gasteiger partial charge is 0.259 e. The quantitative estimate of drug-likeness (QED) is 0.497. The van der Waals surface area contributed by atoms with E-state index in [0.29, 0.717) is 36.0 Å². The summed E-state index contributed by atoms with van der Waals surface area (Å²) in [6, 6.07) is 17.4. The lowest BCUT2D eigenvalue weighted by molar-refractivity contribution is 0.240. The number of halogens is 1. The third-order valence-electron chi connectivity index (χ3n) is 5.77. The average molecular weight is 430 g/mol. The number of imidazole rings is 1. The number of rotatable bonds is 4. The van der Waals surface area contributed by atoms with Crippen LogP contribution in [0.3, 0.4) is 0 Å². The number of fused-ring (bicyclic) bond motifs is 3. The van der Waals surface area contributed by atoms with E-state index in [4.69, 9.17) is 16.9 Å². The number of aromatic nitrogens is 3. The Balaban J connectivity index is 1.50. The van der Waals surface area contributed by atoms with Gasteiger partial charge in [-0.2, -0.15) is 5.26 Å². The molecule has 0 spiro atoms. The molecule has 0 amide bonds. The van der Waals surface area contributed by atoms with Crippen molar-refractivity contribution >= 4 is 17.4 Å². The summed E-state index contributed by atoms with van der Waals surface area (Å²) in [5, 5.41) is 9.83. The molecule has 2 aromatic heterocycles. The molecule has 0 radical (unpaired) electrons. The fourth-order valence-electron chi connectivity index (χ4n) is 4.27. The summed E-state index contributed by atoms with van der Waals surface area (Å²) >= 11 is 6.01. The van der Waals surface area contributed by atoms with Crippen LogP contribution in [0.2, 0.25) is 5.02 Å². The van der Waals surface area contributed by atoms with Gasteiger partial charge in [0.1, 0.15) is 0 Å². The van der Waals surface area contributed by atoms with Crippen molar-refractivity contribution in [3.05, 3.63) is 104 Å². The zero-order chi connectivity index (χ0) is 21.4. The van der Waals surface area contributed by atoms with Crippen molar-refractivity contribution in [2.45, 2.75) is 26.1 Å². The molecule has 0 saturated heterocycles.